The Kier molecular flexibility index (Phi) is 5.67. The molecule has 1 atom stereocenters. The molecule has 0 aliphatic carbocycles. The fourth-order valence-electron chi connectivity index (χ4n) is 4.44. The van der Waals surface area contributed by atoms with Crippen molar-refractivity contribution >= 4 is 17.7 Å². The zero-order valence-corrected chi connectivity index (χ0v) is 18.0. The molecule has 162 valence electrons. The van der Waals surface area contributed by atoms with Crippen molar-refractivity contribution in [1.82, 2.24) is 9.80 Å². The average molecular weight is 422 g/mol. The molecule has 7 nitrogen and oxygen atoms in total. The van der Waals surface area contributed by atoms with Gasteiger partial charge in [0.15, 0.2) is 0 Å². The van der Waals surface area contributed by atoms with Gasteiger partial charge in [0, 0.05) is 31.1 Å². The predicted molar refractivity (Wildman–Crippen MR) is 114 cm³/mol. The molecule has 1 unspecified atom stereocenters. The maximum Gasteiger partial charge on any atom is 0.261 e. The number of nitrogens with zero attached hydrogens (tertiary/aromatic N) is 2. The Bertz CT molecular complexity index is 1050. The van der Waals surface area contributed by atoms with Crippen LogP contribution >= 0.6 is 0 Å². The topological polar surface area (TPSA) is 76.2 Å². The van der Waals surface area contributed by atoms with Crippen LogP contribution in [0.3, 0.4) is 0 Å². The van der Waals surface area contributed by atoms with Gasteiger partial charge in [-0.3, -0.25) is 19.3 Å². The van der Waals surface area contributed by atoms with E-state index in [0.717, 1.165) is 24.0 Å². The molecule has 4 rings (SSSR count). The summed E-state index contributed by atoms with van der Waals surface area (Å²) in [5.74, 6) is 0.638. The van der Waals surface area contributed by atoms with Gasteiger partial charge in [-0.1, -0.05) is 11.6 Å². The molecule has 0 bridgehead atoms. The van der Waals surface area contributed by atoms with Crippen LogP contribution in [0.2, 0.25) is 0 Å². The van der Waals surface area contributed by atoms with E-state index in [1.807, 2.05) is 36.1 Å². The Morgan fingerprint density at radius 1 is 1.03 bits per heavy atom. The van der Waals surface area contributed by atoms with Gasteiger partial charge in [0.05, 0.1) is 31.4 Å². The number of methoxy groups -OCH3 is 2. The zero-order valence-electron chi connectivity index (χ0n) is 18.0. The molecular weight excluding hydrogens is 396 g/mol. The van der Waals surface area contributed by atoms with Crippen LogP contribution < -0.4 is 9.47 Å². The van der Waals surface area contributed by atoms with Crippen molar-refractivity contribution in [3.05, 3.63) is 58.7 Å². The van der Waals surface area contributed by atoms with Crippen LogP contribution in [-0.2, 0) is 4.79 Å². The molecule has 7 heteroatoms. The van der Waals surface area contributed by atoms with Crippen LogP contribution in [-0.4, -0.2) is 54.8 Å². The highest BCUT2D eigenvalue weighted by Crippen LogP contribution is 2.39. The van der Waals surface area contributed by atoms with E-state index in [1.165, 1.54) is 4.90 Å². The number of amides is 3. The third kappa shape index (κ3) is 3.76. The second-order valence-corrected chi connectivity index (χ2v) is 7.91. The minimum atomic E-state index is -0.331. The summed E-state index contributed by atoms with van der Waals surface area (Å²) in [7, 11) is 3.20. The Morgan fingerprint density at radius 3 is 2.55 bits per heavy atom. The van der Waals surface area contributed by atoms with Gasteiger partial charge in [0.25, 0.3) is 11.8 Å². The minimum Gasteiger partial charge on any atom is -0.497 e. The maximum absolute atomic E-state index is 13.1. The van der Waals surface area contributed by atoms with E-state index in [-0.39, 0.29) is 36.7 Å². The minimum absolute atomic E-state index is 0.0758. The van der Waals surface area contributed by atoms with Crippen molar-refractivity contribution in [1.29, 1.82) is 0 Å². The first-order chi connectivity index (χ1) is 14.9. The Morgan fingerprint density at radius 2 is 1.81 bits per heavy atom. The normalized spacial score (nSPS) is 17.8. The van der Waals surface area contributed by atoms with Crippen molar-refractivity contribution in [3.63, 3.8) is 0 Å². The van der Waals surface area contributed by atoms with Crippen LogP contribution in [0, 0.1) is 6.92 Å². The number of carbonyl (C=O) groups excluding carboxylic acids is 3. The second-order valence-electron chi connectivity index (χ2n) is 7.91. The summed E-state index contributed by atoms with van der Waals surface area (Å²) >= 11 is 0. The quantitative estimate of drug-likeness (QED) is 0.668. The van der Waals surface area contributed by atoms with E-state index >= 15 is 0 Å². The first kappa shape index (κ1) is 20.9. The molecule has 1 saturated heterocycles. The second kappa shape index (κ2) is 8.41. The highest BCUT2D eigenvalue weighted by Gasteiger charge is 2.37. The molecule has 2 aromatic carbocycles. The van der Waals surface area contributed by atoms with E-state index in [4.69, 9.17) is 9.47 Å². The van der Waals surface area contributed by atoms with Gasteiger partial charge < -0.3 is 14.4 Å². The molecule has 0 aromatic heterocycles. The number of benzene rings is 2. The molecule has 0 spiro atoms. The number of rotatable bonds is 6. The largest absolute Gasteiger partial charge is 0.497 e. The first-order valence-electron chi connectivity index (χ1n) is 10.4. The molecule has 0 saturated carbocycles. The summed E-state index contributed by atoms with van der Waals surface area (Å²) in [5, 5.41) is 0. The van der Waals surface area contributed by atoms with E-state index in [2.05, 4.69) is 0 Å². The lowest BCUT2D eigenvalue weighted by Crippen LogP contribution is -2.36. The Balaban J connectivity index is 1.47. The van der Waals surface area contributed by atoms with Gasteiger partial charge in [-0.15, -0.1) is 0 Å². The summed E-state index contributed by atoms with van der Waals surface area (Å²) in [6.07, 6.45) is 1.82. The number of imide groups is 1. The molecule has 1 fully saturated rings. The molecule has 0 N–H and O–H groups in total. The van der Waals surface area contributed by atoms with Gasteiger partial charge in [0.2, 0.25) is 5.91 Å². The highest BCUT2D eigenvalue weighted by atomic mass is 16.5. The molecule has 2 aromatic rings. The number of aryl methyl sites for hydroxylation is 1. The van der Waals surface area contributed by atoms with Crippen molar-refractivity contribution in [2.75, 3.05) is 27.3 Å². The summed E-state index contributed by atoms with van der Waals surface area (Å²) in [6, 6.07) is 10.7. The number of fused-ring (bicyclic) bond motifs is 1. The number of hydrogen-bond donors (Lipinski definition) is 0. The molecule has 0 radical (unpaired) electrons. The molecule has 2 aliphatic rings. The van der Waals surface area contributed by atoms with Gasteiger partial charge in [0.1, 0.15) is 11.5 Å². The fraction of sp³-hybridized carbons (Fsp3) is 0.375. The zero-order chi connectivity index (χ0) is 22.1. The third-order valence-corrected chi connectivity index (χ3v) is 6.05. The van der Waals surface area contributed by atoms with Gasteiger partial charge in [-0.05, 0) is 44.0 Å². The van der Waals surface area contributed by atoms with Crippen LogP contribution in [0.4, 0.5) is 0 Å². The lowest BCUT2D eigenvalue weighted by molar-refractivity contribution is -0.132. The average Bonchev–Trinajstić information content (AvgIpc) is 3.35. The van der Waals surface area contributed by atoms with E-state index < -0.39 is 0 Å². The van der Waals surface area contributed by atoms with Crippen LogP contribution in [0.15, 0.2) is 36.4 Å². The molecular formula is C24H26N2O5. The fourth-order valence-corrected chi connectivity index (χ4v) is 4.44. The maximum atomic E-state index is 13.1. The standard InChI is InChI=1S/C24H26N2O5/c1-15-6-8-17-19(13-15)24(29)26(23(17)28)12-10-22(27)25-11-4-5-20(25)18-9-7-16(30-2)14-21(18)31-3/h6-9,13-14,20H,4-5,10-12H2,1-3H3. The Hall–Kier alpha value is -3.35. The number of likely N-dealkylation sites (tertiary alicyclic amines) is 1. The molecule has 2 aliphatic heterocycles. The van der Waals surface area contributed by atoms with Crippen molar-refractivity contribution < 1.29 is 23.9 Å². The van der Waals surface area contributed by atoms with Crippen molar-refractivity contribution in [2.45, 2.75) is 32.2 Å². The molecule has 31 heavy (non-hydrogen) atoms. The van der Waals surface area contributed by atoms with Crippen molar-refractivity contribution in [3.8, 4) is 11.5 Å². The van der Waals surface area contributed by atoms with Gasteiger partial charge in [-0.2, -0.15) is 0 Å². The van der Waals surface area contributed by atoms with Gasteiger partial charge in [-0.25, -0.2) is 0 Å². The highest BCUT2D eigenvalue weighted by molar-refractivity contribution is 6.21. The van der Waals surface area contributed by atoms with Crippen LogP contribution in [0.5, 0.6) is 11.5 Å². The monoisotopic (exact) mass is 422 g/mol. The summed E-state index contributed by atoms with van der Waals surface area (Å²) in [4.78, 5) is 41.4. The first-order valence-corrected chi connectivity index (χ1v) is 10.4. The molecule has 3 amide bonds. The van der Waals surface area contributed by atoms with E-state index in [9.17, 15) is 14.4 Å². The lowest BCUT2D eigenvalue weighted by atomic mass is 10.0. The smallest absolute Gasteiger partial charge is 0.261 e. The number of carbonyl (C=O) groups is 3. The van der Waals surface area contributed by atoms with E-state index in [0.29, 0.717) is 29.2 Å². The van der Waals surface area contributed by atoms with Crippen LogP contribution in [0.1, 0.15) is 57.1 Å². The summed E-state index contributed by atoms with van der Waals surface area (Å²) in [6.45, 7) is 2.60. The van der Waals surface area contributed by atoms with Gasteiger partial charge >= 0.3 is 0 Å². The SMILES string of the molecule is COc1ccc(C2CCCN2C(=O)CCN2C(=O)c3ccc(C)cc3C2=O)c(OC)c1. The van der Waals surface area contributed by atoms with Crippen LogP contribution in [0.25, 0.3) is 0 Å². The molecule has 2 heterocycles. The summed E-state index contributed by atoms with van der Waals surface area (Å²) in [5.41, 5.74) is 2.68. The number of ether oxygens (including phenoxy) is 2. The number of hydrogen-bond acceptors (Lipinski definition) is 5. The van der Waals surface area contributed by atoms with Crippen molar-refractivity contribution in [2.24, 2.45) is 0 Å². The Labute approximate surface area is 181 Å². The third-order valence-electron chi connectivity index (χ3n) is 6.05. The summed E-state index contributed by atoms with van der Waals surface area (Å²) < 4.78 is 10.8. The predicted octanol–water partition coefficient (Wildman–Crippen LogP) is 3.36. The lowest BCUT2D eigenvalue weighted by Gasteiger charge is -2.27. The van der Waals surface area contributed by atoms with E-state index in [1.54, 1.807) is 26.4 Å².